The van der Waals surface area contributed by atoms with Gasteiger partial charge in [-0.05, 0) is 34.1 Å². The number of hydrogen-bond acceptors (Lipinski definition) is 4. The maximum atomic E-state index is 12.0. The zero-order chi connectivity index (χ0) is 13.7. The van der Waals surface area contributed by atoms with Crippen LogP contribution in [0.5, 0.6) is 0 Å². The molecule has 1 saturated heterocycles. The predicted octanol–water partition coefficient (Wildman–Crippen LogP) is 1.80. The fraction of sp³-hybridized carbons (Fsp3) is 0.462. The molecular weight excluding hydrogens is 328 g/mol. The lowest BCUT2D eigenvalue weighted by Crippen LogP contribution is -2.41. The van der Waals surface area contributed by atoms with Crippen LogP contribution in [0.1, 0.15) is 10.4 Å². The lowest BCUT2D eigenvalue weighted by Gasteiger charge is -2.26. The van der Waals surface area contributed by atoms with E-state index in [0.717, 1.165) is 42.2 Å². The zero-order valence-corrected chi connectivity index (χ0v) is 13.0. The number of ether oxygens (including phenoxy) is 1. The van der Waals surface area contributed by atoms with Gasteiger partial charge in [-0.25, -0.2) is 0 Å². The van der Waals surface area contributed by atoms with Crippen molar-refractivity contribution in [3.05, 3.63) is 28.2 Å². The van der Waals surface area contributed by atoms with Crippen LogP contribution in [0.4, 0.5) is 0 Å². The van der Waals surface area contributed by atoms with Crippen molar-refractivity contribution >= 4 is 34.5 Å². The van der Waals surface area contributed by atoms with Crippen molar-refractivity contribution in [3.8, 4) is 0 Å². The van der Waals surface area contributed by atoms with Crippen molar-refractivity contribution in [3.63, 3.8) is 0 Å². The van der Waals surface area contributed by atoms with Gasteiger partial charge in [-0.3, -0.25) is 9.69 Å². The Morgan fingerprint density at radius 1 is 1.42 bits per heavy atom. The first-order valence-corrected chi connectivity index (χ1v) is 7.47. The lowest BCUT2D eigenvalue weighted by atomic mass is 10.2. The van der Waals surface area contributed by atoms with E-state index in [1.165, 1.54) is 0 Å². The minimum Gasteiger partial charge on any atom is -0.379 e. The molecule has 1 aromatic rings. The van der Waals surface area contributed by atoms with Crippen molar-refractivity contribution in [1.29, 1.82) is 0 Å². The highest BCUT2D eigenvalue weighted by molar-refractivity contribution is 9.10. The molecule has 1 aliphatic heterocycles. The number of nitrogens with one attached hydrogen (secondary N) is 1. The third kappa shape index (κ3) is 4.49. The summed E-state index contributed by atoms with van der Waals surface area (Å²) in [4.78, 5) is 15.1. The van der Waals surface area contributed by atoms with E-state index in [1.54, 1.807) is 6.07 Å². The number of amides is 1. The summed E-state index contributed by atoms with van der Waals surface area (Å²) >= 11 is 7.62. The molecule has 0 aromatic heterocycles. The maximum Gasteiger partial charge on any atom is 0.252 e. The van der Waals surface area contributed by atoms with E-state index in [0.29, 0.717) is 12.1 Å². The summed E-state index contributed by atoms with van der Waals surface area (Å²) in [6, 6.07) is 5.44. The quantitative estimate of drug-likeness (QED) is 0.818. The molecule has 1 N–H and O–H groups in total. The molecule has 0 bridgehead atoms. The molecule has 4 nitrogen and oxygen atoms in total. The summed E-state index contributed by atoms with van der Waals surface area (Å²) in [5, 5.41) is 2.93. The number of carbonyl (C=O) groups excluding carboxylic acids is 1. The SMILES string of the molecule is O=C(NCCN1CCOCC1)c1cc(S)ccc1Br. The number of hydrogen-bond donors (Lipinski definition) is 2. The van der Waals surface area contributed by atoms with Crippen LogP contribution in [0.3, 0.4) is 0 Å². The van der Waals surface area contributed by atoms with Gasteiger partial charge in [-0.15, -0.1) is 12.6 Å². The topological polar surface area (TPSA) is 41.6 Å². The highest BCUT2D eigenvalue weighted by atomic mass is 79.9. The summed E-state index contributed by atoms with van der Waals surface area (Å²) in [6.07, 6.45) is 0. The van der Waals surface area contributed by atoms with Crippen molar-refractivity contribution in [2.24, 2.45) is 0 Å². The van der Waals surface area contributed by atoms with Crippen LogP contribution in [-0.4, -0.2) is 50.2 Å². The van der Waals surface area contributed by atoms with E-state index in [2.05, 4.69) is 38.8 Å². The second-order valence-corrected chi connectivity index (χ2v) is 5.74. The minimum atomic E-state index is -0.0731. The van der Waals surface area contributed by atoms with Crippen molar-refractivity contribution in [1.82, 2.24) is 10.2 Å². The molecule has 1 aliphatic rings. The van der Waals surface area contributed by atoms with E-state index in [1.807, 2.05) is 12.1 Å². The van der Waals surface area contributed by atoms with E-state index < -0.39 is 0 Å². The average Bonchev–Trinajstić information content (AvgIpc) is 2.42. The van der Waals surface area contributed by atoms with E-state index in [-0.39, 0.29) is 5.91 Å². The second kappa shape index (κ2) is 7.28. The van der Waals surface area contributed by atoms with Crippen molar-refractivity contribution < 1.29 is 9.53 Å². The Morgan fingerprint density at radius 2 is 2.16 bits per heavy atom. The summed E-state index contributed by atoms with van der Waals surface area (Å²) in [7, 11) is 0. The molecule has 1 aromatic carbocycles. The molecular formula is C13H17BrN2O2S. The molecule has 104 valence electrons. The highest BCUT2D eigenvalue weighted by Crippen LogP contribution is 2.19. The molecule has 0 radical (unpaired) electrons. The van der Waals surface area contributed by atoms with Gasteiger partial charge in [0.2, 0.25) is 0 Å². The van der Waals surface area contributed by atoms with Crippen molar-refractivity contribution in [2.75, 3.05) is 39.4 Å². The number of carbonyl (C=O) groups is 1. The van der Waals surface area contributed by atoms with E-state index in [4.69, 9.17) is 4.74 Å². The fourth-order valence-electron chi connectivity index (χ4n) is 1.93. The first kappa shape index (κ1) is 14.8. The van der Waals surface area contributed by atoms with E-state index in [9.17, 15) is 4.79 Å². The minimum absolute atomic E-state index is 0.0731. The molecule has 1 amide bonds. The largest absolute Gasteiger partial charge is 0.379 e. The van der Waals surface area contributed by atoms with Crippen LogP contribution < -0.4 is 5.32 Å². The summed E-state index contributed by atoms with van der Waals surface area (Å²) in [6.45, 7) is 4.93. The van der Waals surface area contributed by atoms with Crippen LogP contribution in [0.25, 0.3) is 0 Å². The predicted molar refractivity (Wildman–Crippen MR) is 81.0 cm³/mol. The molecule has 19 heavy (non-hydrogen) atoms. The van der Waals surface area contributed by atoms with Gasteiger partial charge in [0, 0.05) is 35.5 Å². The fourth-order valence-corrected chi connectivity index (χ4v) is 2.57. The average molecular weight is 345 g/mol. The Morgan fingerprint density at radius 3 is 2.89 bits per heavy atom. The van der Waals surface area contributed by atoms with Gasteiger partial charge in [-0.1, -0.05) is 0 Å². The lowest BCUT2D eigenvalue weighted by molar-refractivity contribution is 0.0383. The van der Waals surface area contributed by atoms with Gasteiger partial charge >= 0.3 is 0 Å². The normalized spacial score (nSPS) is 16.3. The molecule has 0 atom stereocenters. The first-order valence-electron chi connectivity index (χ1n) is 6.23. The summed E-state index contributed by atoms with van der Waals surface area (Å²) in [5.74, 6) is -0.0731. The molecule has 2 rings (SSSR count). The smallest absolute Gasteiger partial charge is 0.252 e. The van der Waals surface area contributed by atoms with Crippen molar-refractivity contribution in [2.45, 2.75) is 4.90 Å². The van der Waals surface area contributed by atoms with E-state index >= 15 is 0 Å². The Labute approximate surface area is 127 Å². The summed E-state index contributed by atoms with van der Waals surface area (Å²) < 4.78 is 6.07. The van der Waals surface area contributed by atoms with Gasteiger partial charge in [-0.2, -0.15) is 0 Å². The maximum absolute atomic E-state index is 12.0. The van der Waals surface area contributed by atoms with Gasteiger partial charge in [0.15, 0.2) is 0 Å². The second-order valence-electron chi connectivity index (χ2n) is 4.37. The third-order valence-corrected chi connectivity index (χ3v) is 3.98. The number of rotatable bonds is 4. The van der Waals surface area contributed by atoms with Crippen LogP contribution in [-0.2, 0) is 4.74 Å². The third-order valence-electron chi connectivity index (χ3n) is 3.01. The molecule has 1 heterocycles. The molecule has 0 aliphatic carbocycles. The Kier molecular flexibility index (Phi) is 5.69. The zero-order valence-electron chi connectivity index (χ0n) is 10.6. The number of benzene rings is 1. The number of nitrogens with zero attached hydrogens (tertiary/aromatic N) is 1. The molecule has 0 spiro atoms. The Hall–Kier alpha value is -0.560. The van der Waals surface area contributed by atoms with Gasteiger partial charge in [0.25, 0.3) is 5.91 Å². The van der Waals surface area contributed by atoms with Crippen LogP contribution in [0, 0.1) is 0 Å². The monoisotopic (exact) mass is 344 g/mol. The number of thiol groups is 1. The molecule has 0 unspecified atom stereocenters. The van der Waals surface area contributed by atoms with Crippen LogP contribution in [0.2, 0.25) is 0 Å². The number of morpholine rings is 1. The van der Waals surface area contributed by atoms with Gasteiger partial charge in [0.05, 0.1) is 18.8 Å². The highest BCUT2D eigenvalue weighted by Gasteiger charge is 2.12. The Bertz CT molecular complexity index is 450. The molecule has 6 heteroatoms. The standard InChI is InChI=1S/C13H17BrN2O2S/c14-12-2-1-10(19)9-11(12)13(17)15-3-4-16-5-7-18-8-6-16/h1-2,9,19H,3-8H2,(H,15,17). The number of halogens is 1. The first-order chi connectivity index (χ1) is 9.16. The van der Waals surface area contributed by atoms with Crippen LogP contribution >= 0.6 is 28.6 Å². The Balaban J connectivity index is 1.82. The van der Waals surface area contributed by atoms with Gasteiger partial charge in [0.1, 0.15) is 0 Å². The summed E-state index contributed by atoms with van der Waals surface area (Å²) in [5.41, 5.74) is 0.620. The molecule has 0 saturated carbocycles. The molecule has 1 fully saturated rings. The van der Waals surface area contributed by atoms with Gasteiger partial charge < -0.3 is 10.1 Å². The van der Waals surface area contributed by atoms with Crippen LogP contribution in [0.15, 0.2) is 27.6 Å².